The average Bonchev–Trinajstić information content (AvgIpc) is 2.76. The van der Waals surface area contributed by atoms with Crippen molar-refractivity contribution in [3.05, 3.63) is 17.1 Å². The van der Waals surface area contributed by atoms with Gasteiger partial charge >= 0.3 is 0 Å². The Balaban J connectivity index is 0.000000165. The highest BCUT2D eigenvalue weighted by Gasteiger charge is 2.19. The van der Waals surface area contributed by atoms with Crippen molar-refractivity contribution in [3.63, 3.8) is 0 Å². The van der Waals surface area contributed by atoms with Gasteiger partial charge in [0.1, 0.15) is 5.78 Å². The zero-order valence-corrected chi connectivity index (χ0v) is 9.22. The fourth-order valence-electron chi connectivity index (χ4n) is 1.46. The molecule has 1 aliphatic carbocycles. The van der Waals surface area contributed by atoms with E-state index < -0.39 is 0 Å². The third-order valence-electron chi connectivity index (χ3n) is 2.25. The highest BCUT2D eigenvalue weighted by molar-refractivity contribution is 7.07. The number of carbonyl (C=O) groups is 1. The molecule has 14 heavy (non-hydrogen) atoms. The molecule has 1 fully saturated rings. The first-order chi connectivity index (χ1) is 6.84. The highest BCUT2D eigenvalue weighted by Crippen LogP contribution is 2.13. The molecule has 0 spiro atoms. The summed E-state index contributed by atoms with van der Waals surface area (Å²) in [6.45, 7) is 0. The first-order valence-corrected chi connectivity index (χ1v) is 5.81. The van der Waals surface area contributed by atoms with Crippen LogP contribution >= 0.6 is 11.3 Å². The van der Waals surface area contributed by atoms with Crippen LogP contribution in [0.1, 0.15) is 25.7 Å². The van der Waals surface area contributed by atoms with Crippen LogP contribution in [0.15, 0.2) is 17.1 Å². The predicted octanol–water partition coefficient (Wildman–Crippen LogP) is 1.86. The van der Waals surface area contributed by atoms with E-state index in [0.29, 0.717) is 5.78 Å². The number of Topliss-reactive ketones (excluding diaryl/α,β-unsaturated/α-hetero) is 1. The fourth-order valence-corrected chi connectivity index (χ4v) is 1.82. The Kier molecular flexibility index (Phi) is 5.40. The first kappa shape index (κ1) is 11.3. The molecule has 0 bridgehead atoms. The third kappa shape index (κ3) is 3.98. The summed E-state index contributed by atoms with van der Waals surface area (Å²) < 4.78 is 0. The molecule has 0 aromatic carbocycles. The summed E-state index contributed by atoms with van der Waals surface area (Å²) in [4.78, 5) is 14.7. The van der Waals surface area contributed by atoms with E-state index in [4.69, 9.17) is 0 Å². The number of nitrogens with zero attached hydrogens (tertiary/aromatic N) is 1. The summed E-state index contributed by atoms with van der Waals surface area (Å²) in [5.74, 6) is 0.392. The van der Waals surface area contributed by atoms with E-state index in [1.165, 1.54) is 6.42 Å². The molecule has 78 valence electrons. The van der Waals surface area contributed by atoms with E-state index in [1.807, 2.05) is 12.4 Å². The minimum Gasteiger partial charge on any atom is -0.311 e. The SMILES string of the molecule is CNC1CCCCC1=O.c1cscn1. The molecule has 1 unspecified atom stereocenters. The van der Waals surface area contributed by atoms with Crippen LogP contribution in [0.4, 0.5) is 0 Å². The lowest BCUT2D eigenvalue weighted by Crippen LogP contribution is -2.36. The van der Waals surface area contributed by atoms with E-state index in [2.05, 4.69) is 10.3 Å². The molecule has 3 nitrogen and oxygen atoms in total. The number of hydrogen-bond acceptors (Lipinski definition) is 4. The quantitative estimate of drug-likeness (QED) is 0.772. The topological polar surface area (TPSA) is 42.0 Å². The molecule has 0 aliphatic heterocycles. The maximum atomic E-state index is 11.0. The Bertz CT molecular complexity index is 231. The zero-order chi connectivity index (χ0) is 10.2. The van der Waals surface area contributed by atoms with Gasteiger partial charge in [0.25, 0.3) is 0 Å². The van der Waals surface area contributed by atoms with Crippen LogP contribution in [0.3, 0.4) is 0 Å². The summed E-state index contributed by atoms with van der Waals surface area (Å²) in [6.07, 6.45) is 5.89. The first-order valence-electron chi connectivity index (χ1n) is 4.86. The van der Waals surface area contributed by atoms with Gasteiger partial charge in [-0.15, -0.1) is 11.3 Å². The number of rotatable bonds is 1. The number of aromatic nitrogens is 1. The number of thiazole rings is 1. The van der Waals surface area contributed by atoms with Gasteiger partial charge in [0, 0.05) is 18.0 Å². The molecule has 1 N–H and O–H groups in total. The molecule has 4 heteroatoms. The molecular formula is C10H16N2OS. The van der Waals surface area contributed by atoms with Crippen LogP contribution in [-0.2, 0) is 4.79 Å². The number of hydrogen-bond donors (Lipinski definition) is 1. The Morgan fingerprint density at radius 2 is 2.43 bits per heavy atom. The van der Waals surface area contributed by atoms with Crippen LogP contribution in [0.25, 0.3) is 0 Å². The van der Waals surface area contributed by atoms with Crippen molar-refractivity contribution in [2.24, 2.45) is 0 Å². The largest absolute Gasteiger partial charge is 0.311 e. The number of nitrogens with one attached hydrogen (secondary N) is 1. The summed E-state index contributed by atoms with van der Waals surface area (Å²) in [6, 6.07) is 0.166. The summed E-state index contributed by atoms with van der Waals surface area (Å²) in [7, 11) is 1.86. The predicted molar refractivity (Wildman–Crippen MR) is 58.4 cm³/mol. The van der Waals surface area contributed by atoms with Gasteiger partial charge in [-0.1, -0.05) is 6.42 Å². The molecule has 1 heterocycles. The normalized spacial score (nSPS) is 21.2. The van der Waals surface area contributed by atoms with Gasteiger partial charge in [0.15, 0.2) is 0 Å². The Labute approximate surface area is 88.6 Å². The Morgan fingerprint density at radius 3 is 2.79 bits per heavy atom. The molecule has 1 atom stereocenters. The van der Waals surface area contributed by atoms with Crippen molar-refractivity contribution >= 4 is 17.1 Å². The van der Waals surface area contributed by atoms with E-state index in [1.54, 1.807) is 23.0 Å². The summed E-state index contributed by atoms with van der Waals surface area (Å²) in [5, 5.41) is 4.93. The van der Waals surface area contributed by atoms with Crippen LogP contribution in [-0.4, -0.2) is 23.9 Å². The Hall–Kier alpha value is -0.740. The van der Waals surface area contributed by atoms with Crippen molar-refractivity contribution in [1.29, 1.82) is 0 Å². The van der Waals surface area contributed by atoms with Crippen molar-refractivity contribution in [3.8, 4) is 0 Å². The summed E-state index contributed by atoms with van der Waals surface area (Å²) >= 11 is 1.60. The maximum absolute atomic E-state index is 11.0. The molecule has 1 saturated carbocycles. The van der Waals surface area contributed by atoms with Gasteiger partial charge in [-0.05, 0) is 19.9 Å². The standard InChI is InChI=1S/C7H13NO.C3H3NS/c1-8-6-4-2-3-5-7(6)9;1-2-5-3-4-1/h6,8H,2-5H2,1H3;1-3H. The maximum Gasteiger partial charge on any atom is 0.149 e. The second-order valence-electron chi connectivity index (χ2n) is 3.23. The van der Waals surface area contributed by atoms with E-state index >= 15 is 0 Å². The second-order valence-corrected chi connectivity index (χ2v) is 3.98. The lowest BCUT2D eigenvalue weighted by molar-refractivity contribution is -0.122. The van der Waals surface area contributed by atoms with Gasteiger partial charge in [0.05, 0.1) is 11.6 Å². The molecule has 0 saturated heterocycles. The van der Waals surface area contributed by atoms with Gasteiger partial charge in [-0.2, -0.15) is 0 Å². The van der Waals surface area contributed by atoms with Gasteiger partial charge in [-0.3, -0.25) is 9.78 Å². The molecule has 0 amide bonds. The van der Waals surface area contributed by atoms with Gasteiger partial charge < -0.3 is 5.32 Å². The van der Waals surface area contributed by atoms with E-state index in [-0.39, 0.29) is 6.04 Å². The highest BCUT2D eigenvalue weighted by atomic mass is 32.1. The number of likely N-dealkylation sites (N-methyl/N-ethyl adjacent to an activating group) is 1. The fraction of sp³-hybridized carbons (Fsp3) is 0.600. The molecule has 1 aromatic rings. The minimum absolute atomic E-state index is 0.166. The molecular weight excluding hydrogens is 196 g/mol. The van der Waals surface area contributed by atoms with E-state index in [0.717, 1.165) is 19.3 Å². The average molecular weight is 212 g/mol. The molecule has 1 aliphatic rings. The minimum atomic E-state index is 0.166. The van der Waals surface area contributed by atoms with Crippen LogP contribution < -0.4 is 5.32 Å². The van der Waals surface area contributed by atoms with Gasteiger partial charge in [-0.25, -0.2) is 0 Å². The molecule has 1 aromatic heterocycles. The van der Waals surface area contributed by atoms with Crippen molar-refractivity contribution in [2.45, 2.75) is 31.7 Å². The van der Waals surface area contributed by atoms with Crippen LogP contribution in [0.5, 0.6) is 0 Å². The zero-order valence-electron chi connectivity index (χ0n) is 8.40. The van der Waals surface area contributed by atoms with Gasteiger partial charge in [0.2, 0.25) is 0 Å². The Morgan fingerprint density at radius 1 is 1.57 bits per heavy atom. The van der Waals surface area contributed by atoms with Crippen molar-refractivity contribution in [2.75, 3.05) is 7.05 Å². The number of carbonyl (C=O) groups excluding carboxylic acids is 1. The lowest BCUT2D eigenvalue weighted by atomic mass is 9.94. The summed E-state index contributed by atoms with van der Waals surface area (Å²) in [5.41, 5.74) is 1.79. The van der Waals surface area contributed by atoms with Crippen LogP contribution in [0, 0.1) is 0 Å². The van der Waals surface area contributed by atoms with Crippen molar-refractivity contribution < 1.29 is 4.79 Å². The molecule has 0 radical (unpaired) electrons. The monoisotopic (exact) mass is 212 g/mol. The third-order valence-corrected chi connectivity index (χ3v) is 2.77. The smallest absolute Gasteiger partial charge is 0.149 e. The second kappa shape index (κ2) is 6.68. The van der Waals surface area contributed by atoms with Crippen LogP contribution in [0.2, 0.25) is 0 Å². The molecule has 2 rings (SSSR count). The lowest BCUT2D eigenvalue weighted by Gasteiger charge is -2.18. The van der Waals surface area contributed by atoms with E-state index in [9.17, 15) is 4.79 Å². The van der Waals surface area contributed by atoms with Crippen molar-refractivity contribution in [1.82, 2.24) is 10.3 Å². The number of ketones is 1.